The van der Waals surface area contributed by atoms with Crippen LogP contribution in [0.1, 0.15) is 12.5 Å². The summed E-state index contributed by atoms with van der Waals surface area (Å²) in [7, 11) is 3.22. The Morgan fingerprint density at radius 3 is 2.40 bits per heavy atom. The molecule has 5 rings (SSSR count). The van der Waals surface area contributed by atoms with E-state index in [-0.39, 0.29) is 5.91 Å². The van der Waals surface area contributed by atoms with Crippen LogP contribution in [0.25, 0.3) is 38.4 Å². The van der Waals surface area contributed by atoms with Gasteiger partial charge in [0.15, 0.2) is 0 Å². The van der Waals surface area contributed by atoms with Crippen LogP contribution in [-0.2, 0) is 4.79 Å². The summed E-state index contributed by atoms with van der Waals surface area (Å²) >= 11 is 0. The highest BCUT2D eigenvalue weighted by molar-refractivity contribution is 6.07. The van der Waals surface area contributed by atoms with E-state index in [4.69, 9.17) is 13.9 Å². The molecule has 0 radical (unpaired) electrons. The molecule has 1 N–H and O–H groups in total. The lowest BCUT2D eigenvalue weighted by atomic mass is 9.96. The third-order valence-corrected chi connectivity index (χ3v) is 6.11. The number of furan rings is 1. The Bertz CT molecular complexity index is 1560. The average molecular weight is 464 g/mol. The summed E-state index contributed by atoms with van der Waals surface area (Å²) in [5, 5.41) is 6.17. The fourth-order valence-corrected chi connectivity index (χ4v) is 4.33. The van der Waals surface area contributed by atoms with Crippen molar-refractivity contribution in [2.45, 2.75) is 6.92 Å². The minimum Gasteiger partial charge on any atom is -0.497 e. The number of carbonyl (C=O) groups excluding carboxylic acids is 1. The molecule has 5 nitrogen and oxygen atoms in total. The maximum atomic E-state index is 12.7. The molecule has 1 aromatic heterocycles. The molecule has 174 valence electrons. The van der Waals surface area contributed by atoms with Crippen molar-refractivity contribution in [2.24, 2.45) is 0 Å². The molecule has 5 aromatic rings. The van der Waals surface area contributed by atoms with Gasteiger partial charge in [-0.2, -0.15) is 0 Å². The molecule has 0 spiro atoms. The van der Waals surface area contributed by atoms with Crippen molar-refractivity contribution in [1.29, 1.82) is 0 Å². The average Bonchev–Trinajstić information content (AvgIpc) is 3.30. The first-order chi connectivity index (χ1) is 17.1. The number of nitrogens with one attached hydrogen (secondary N) is 1. The Morgan fingerprint density at radius 1 is 0.857 bits per heavy atom. The number of carbonyl (C=O) groups is 1. The molecule has 0 aliphatic heterocycles. The molecule has 0 bridgehead atoms. The lowest BCUT2D eigenvalue weighted by Crippen LogP contribution is -2.08. The van der Waals surface area contributed by atoms with Crippen LogP contribution in [0, 0.1) is 0 Å². The predicted molar refractivity (Wildman–Crippen MR) is 141 cm³/mol. The zero-order valence-electron chi connectivity index (χ0n) is 19.8. The van der Waals surface area contributed by atoms with Crippen LogP contribution < -0.4 is 14.8 Å². The second kappa shape index (κ2) is 9.39. The molecule has 0 fully saturated rings. The standard InChI is InChI=1S/C30H25NO4/c1-19(15-30(32)31-21-11-13-22(33-2)14-12-21)25-16-26-27(18-35-29(26)17-28(25)34-3)24-10-6-8-20-7-4-5-9-23(20)24/h4-18H,1-3H3,(H,31,32)/b19-15+. The lowest BCUT2D eigenvalue weighted by molar-refractivity contribution is -0.111. The first-order valence-electron chi connectivity index (χ1n) is 11.3. The normalized spacial score (nSPS) is 11.6. The van der Waals surface area contributed by atoms with Gasteiger partial charge in [0.2, 0.25) is 5.91 Å². The van der Waals surface area contributed by atoms with Crippen LogP contribution >= 0.6 is 0 Å². The topological polar surface area (TPSA) is 60.7 Å². The molecule has 4 aromatic carbocycles. The number of amides is 1. The Balaban J connectivity index is 1.53. The fraction of sp³-hybridized carbons (Fsp3) is 0.100. The molecule has 35 heavy (non-hydrogen) atoms. The maximum Gasteiger partial charge on any atom is 0.248 e. The first-order valence-corrected chi connectivity index (χ1v) is 11.3. The molecular weight excluding hydrogens is 438 g/mol. The number of allylic oxidation sites excluding steroid dienone is 1. The van der Waals surface area contributed by atoms with Gasteiger partial charge in [-0.25, -0.2) is 0 Å². The molecule has 0 atom stereocenters. The summed E-state index contributed by atoms with van der Waals surface area (Å²) in [6, 6.07) is 25.6. The summed E-state index contributed by atoms with van der Waals surface area (Å²) in [5.74, 6) is 1.15. The van der Waals surface area contributed by atoms with E-state index in [9.17, 15) is 4.79 Å². The number of methoxy groups -OCH3 is 2. The van der Waals surface area contributed by atoms with Crippen molar-refractivity contribution < 1.29 is 18.7 Å². The Kier molecular flexibility index (Phi) is 5.98. The summed E-state index contributed by atoms with van der Waals surface area (Å²) in [4.78, 5) is 12.7. The van der Waals surface area contributed by atoms with Crippen molar-refractivity contribution in [3.05, 3.63) is 96.8 Å². The van der Waals surface area contributed by atoms with E-state index in [1.165, 1.54) is 5.39 Å². The minimum absolute atomic E-state index is 0.226. The Hall–Kier alpha value is -4.51. The van der Waals surface area contributed by atoms with Crippen molar-refractivity contribution >= 4 is 38.9 Å². The van der Waals surface area contributed by atoms with Gasteiger partial charge in [-0.3, -0.25) is 4.79 Å². The van der Waals surface area contributed by atoms with Crippen molar-refractivity contribution in [1.82, 2.24) is 0 Å². The highest BCUT2D eigenvalue weighted by Gasteiger charge is 2.16. The molecule has 0 aliphatic carbocycles. The summed E-state index contributed by atoms with van der Waals surface area (Å²) in [5.41, 5.74) is 5.11. The highest BCUT2D eigenvalue weighted by atomic mass is 16.5. The Morgan fingerprint density at radius 2 is 1.63 bits per heavy atom. The summed E-state index contributed by atoms with van der Waals surface area (Å²) < 4.78 is 16.7. The second-order valence-electron chi connectivity index (χ2n) is 8.27. The quantitative estimate of drug-likeness (QED) is 0.268. The smallest absolute Gasteiger partial charge is 0.248 e. The van der Waals surface area contributed by atoms with E-state index >= 15 is 0 Å². The van der Waals surface area contributed by atoms with Crippen LogP contribution in [0.3, 0.4) is 0 Å². The largest absolute Gasteiger partial charge is 0.497 e. The molecule has 0 saturated carbocycles. The number of hydrogen-bond donors (Lipinski definition) is 1. The van der Waals surface area contributed by atoms with E-state index in [0.29, 0.717) is 11.4 Å². The van der Waals surface area contributed by atoms with E-state index < -0.39 is 0 Å². The second-order valence-corrected chi connectivity index (χ2v) is 8.27. The number of benzene rings is 4. The van der Waals surface area contributed by atoms with Crippen LogP contribution in [0.5, 0.6) is 11.5 Å². The minimum atomic E-state index is -0.226. The monoisotopic (exact) mass is 463 g/mol. The first kappa shape index (κ1) is 22.3. The van der Waals surface area contributed by atoms with Crippen molar-refractivity contribution in [3.8, 4) is 22.6 Å². The van der Waals surface area contributed by atoms with Gasteiger partial charge in [0.1, 0.15) is 17.1 Å². The number of rotatable bonds is 6. The van der Waals surface area contributed by atoms with E-state index in [0.717, 1.165) is 44.4 Å². The molecule has 0 unspecified atom stereocenters. The van der Waals surface area contributed by atoms with Crippen LogP contribution in [-0.4, -0.2) is 20.1 Å². The van der Waals surface area contributed by atoms with Gasteiger partial charge in [0.05, 0.1) is 20.5 Å². The van der Waals surface area contributed by atoms with Gasteiger partial charge in [-0.1, -0.05) is 42.5 Å². The predicted octanol–water partition coefficient (Wildman–Crippen LogP) is 7.31. The van der Waals surface area contributed by atoms with E-state index in [1.807, 2.05) is 31.2 Å². The SMILES string of the molecule is COc1ccc(NC(=O)/C=C(\C)c2cc3c(-c4cccc5ccccc45)coc3cc2OC)cc1. The lowest BCUT2D eigenvalue weighted by Gasteiger charge is -2.11. The summed E-state index contributed by atoms with van der Waals surface area (Å²) in [6.07, 6.45) is 3.36. The zero-order valence-corrected chi connectivity index (χ0v) is 19.8. The van der Waals surface area contributed by atoms with E-state index in [1.54, 1.807) is 50.8 Å². The molecule has 1 amide bonds. The van der Waals surface area contributed by atoms with Gasteiger partial charge in [-0.05, 0) is 59.2 Å². The number of ether oxygens (including phenoxy) is 2. The van der Waals surface area contributed by atoms with Gasteiger partial charge in [-0.15, -0.1) is 0 Å². The molecular formula is C30H25NO4. The fourth-order valence-electron chi connectivity index (χ4n) is 4.33. The van der Waals surface area contributed by atoms with Gasteiger partial charge >= 0.3 is 0 Å². The Labute approximate surface area is 203 Å². The van der Waals surface area contributed by atoms with Crippen LogP contribution in [0.15, 0.2) is 95.6 Å². The van der Waals surface area contributed by atoms with E-state index in [2.05, 4.69) is 35.6 Å². The molecule has 0 saturated heterocycles. The third-order valence-electron chi connectivity index (χ3n) is 6.11. The van der Waals surface area contributed by atoms with Gasteiger partial charge in [0.25, 0.3) is 0 Å². The maximum absolute atomic E-state index is 12.7. The summed E-state index contributed by atoms with van der Waals surface area (Å²) in [6.45, 7) is 1.90. The molecule has 0 aliphatic rings. The number of hydrogen-bond acceptors (Lipinski definition) is 4. The zero-order chi connectivity index (χ0) is 24.4. The molecule has 5 heteroatoms. The van der Waals surface area contributed by atoms with Gasteiger partial charge in [0, 0.05) is 34.3 Å². The van der Waals surface area contributed by atoms with Crippen LogP contribution in [0.2, 0.25) is 0 Å². The third kappa shape index (κ3) is 4.36. The van der Waals surface area contributed by atoms with Crippen molar-refractivity contribution in [3.63, 3.8) is 0 Å². The van der Waals surface area contributed by atoms with Crippen LogP contribution in [0.4, 0.5) is 5.69 Å². The van der Waals surface area contributed by atoms with Crippen molar-refractivity contribution in [2.75, 3.05) is 19.5 Å². The molecule has 1 heterocycles. The van der Waals surface area contributed by atoms with Gasteiger partial charge < -0.3 is 19.2 Å². The number of fused-ring (bicyclic) bond motifs is 2. The highest BCUT2D eigenvalue weighted by Crippen LogP contribution is 2.39. The number of anilines is 1.